The van der Waals surface area contributed by atoms with Crippen LogP contribution in [0.1, 0.15) is 22.8 Å². The second-order valence-electron chi connectivity index (χ2n) is 6.33. The predicted molar refractivity (Wildman–Crippen MR) is 110 cm³/mol. The number of ether oxygens (including phenoxy) is 4. The van der Waals surface area contributed by atoms with Crippen LogP contribution in [0.5, 0.6) is 29.0 Å². The fourth-order valence-electron chi connectivity index (χ4n) is 2.46. The van der Waals surface area contributed by atoms with Crippen LogP contribution in [0.3, 0.4) is 0 Å². The Labute approximate surface area is 299 Å². The van der Waals surface area contributed by atoms with Gasteiger partial charge in [-0.2, -0.15) is 10.2 Å². The number of nitrogens with zero attached hydrogens (tertiary/aromatic N) is 2. The molecule has 1 aromatic heterocycles. The first kappa shape index (κ1) is 36.3. The van der Waals surface area contributed by atoms with Gasteiger partial charge in [-0.3, -0.25) is 0 Å². The average Bonchev–Trinajstić information content (AvgIpc) is 2.80. The van der Waals surface area contributed by atoms with Crippen LogP contribution in [0.4, 0.5) is 18.0 Å². The number of benzene rings is 2. The molecule has 188 valence electrons. The van der Waals surface area contributed by atoms with Crippen LogP contribution in [0, 0.1) is 11.3 Å². The van der Waals surface area contributed by atoms with Crippen LogP contribution >= 0.6 is 0 Å². The van der Waals surface area contributed by atoms with Crippen molar-refractivity contribution < 1.29 is 155 Å². The number of halogens is 3. The number of carboxylic acid groups (broad SMARTS) is 2. The molecule has 0 aliphatic heterocycles. The SMILES string of the molecule is CCOC(=O)c1ccc(Oc2ccc(C#N)cc2)nc1Oc1ccc(OC(F)(F)F)cc1.O=C([O-])[O-].[K+].[K+]. The molecule has 0 aliphatic carbocycles. The first-order valence-corrected chi connectivity index (χ1v) is 9.78. The van der Waals surface area contributed by atoms with Crippen molar-refractivity contribution in [3.8, 4) is 35.1 Å². The van der Waals surface area contributed by atoms with Crippen molar-refractivity contribution in [1.29, 1.82) is 5.26 Å². The van der Waals surface area contributed by atoms with Crippen molar-refractivity contribution in [2.24, 2.45) is 0 Å². The molecule has 0 bridgehead atoms. The minimum Gasteiger partial charge on any atom is -0.652 e. The summed E-state index contributed by atoms with van der Waals surface area (Å²) in [5.41, 5.74) is 0.444. The Hall–Kier alpha value is -1.72. The maximum absolute atomic E-state index is 12.3. The van der Waals surface area contributed by atoms with Crippen molar-refractivity contribution >= 4 is 12.1 Å². The molecule has 1 heterocycles. The molecule has 0 saturated carbocycles. The number of hydrogen-bond donors (Lipinski definition) is 0. The zero-order valence-electron chi connectivity index (χ0n) is 20.3. The normalized spacial score (nSPS) is 9.66. The minimum atomic E-state index is -4.82. The van der Waals surface area contributed by atoms with Gasteiger partial charge in [0.05, 0.1) is 18.2 Å². The van der Waals surface area contributed by atoms with E-state index < -0.39 is 24.2 Å². The summed E-state index contributed by atoms with van der Waals surface area (Å²) in [4.78, 5) is 24.8. The number of hydrogen-bond acceptors (Lipinski definition) is 10. The molecule has 3 aromatic rings. The van der Waals surface area contributed by atoms with Crippen LogP contribution in [0.15, 0.2) is 60.7 Å². The fraction of sp³-hybridized carbons (Fsp3) is 0.130. The number of rotatable bonds is 7. The van der Waals surface area contributed by atoms with E-state index in [4.69, 9.17) is 34.5 Å². The molecule has 0 unspecified atom stereocenters. The Morgan fingerprint density at radius 3 is 1.89 bits per heavy atom. The monoisotopic (exact) mass is 582 g/mol. The molecule has 0 amide bonds. The summed E-state index contributed by atoms with van der Waals surface area (Å²) in [5.74, 6) is -0.722. The molecule has 0 spiro atoms. The third-order valence-corrected chi connectivity index (χ3v) is 3.81. The fourth-order valence-corrected chi connectivity index (χ4v) is 2.46. The van der Waals surface area contributed by atoms with Crippen LogP contribution in [0.25, 0.3) is 0 Å². The van der Waals surface area contributed by atoms with E-state index in [9.17, 15) is 18.0 Å². The van der Waals surface area contributed by atoms with Gasteiger partial charge in [0.15, 0.2) is 0 Å². The van der Waals surface area contributed by atoms with Crippen molar-refractivity contribution in [2.75, 3.05) is 6.61 Å². The van der Waals surface area contributed by atoms with Crippen molar-refractivity contribution in [1.82, 2.24) is 4.98 Å². The third-order valence-electron chi connectivity index (χ3n) is 3.81. The van der Waals surface area contributed by atoms with Gasteiger partial charge in [0.2, 0.25) is 11.8 Å². The van der Waals surface area contributed by atoms with Gasteiger partial charge in [-0.1, -0.05) is 0 Å². The third kappa shape index (κ3) is 13.4. The Morgan fingerprint density at radius 1 is 0.895 bits per heavy atom. The minimum absolute atomic E-state index is 0. The maximum Gasteiger partial charge on any atom is 1.00 e. The van der Waals surface area contributed by atoms with E-state index in [-0.39, 0.29) is 132 Å². The predicted octanol–water partition coefficient (Wildman–Crippen LogP) is -2.83. The number of aromatic nitrogens is 1. The van der Waals surface area contributed by atoms with Crippen molar-refractivity contribution in [3.63, 3.8) is 0 Å². The van der Waals surface area contributed by atoms with Gasteiger partial charge in [-0.25, -0.2) is 4.79 Å². The molecule has 0 radical (unpaired) electrons. The van der Waals surface area contributed by atoms with E-state index in [0.29, 0.717) is 11.3 Å². The molecule has 0 atom stereocenters. The number of pyridine rings is 1. The maximum atomic E-state index is 12.3. The Morgan fingerprint density at radius 2 is 1.39 bits per heavy atom. The second-order valence-corrected chi connectivity index (χ2v) is 6.33. The molecule has 0 fully saturated rings. The summed E-state index contributed by atoms with van der Waals surface area (Å²) in [6, 6.07) is 15.6. The molecule has 3 rings (SSSR count). The van der Waals surface area contributed by atoms with Gasteiger partial charge in [0.1, 0.15) is 22.8 Å². The average molecular weight is 583 g/mol. The number of alkyl halides is 3. The Bertz CT molecular complexity index is 1230. The van der Waals surface area contributed by atoms with Crippen molar-refractivity contribution in [3.05, 3.63) is 71.8 Å². The summed E-state index contributed by atoms with van der Waals surface area (Å²) in [5, 5.41) is 25.5. The largest absolute Gasteiger partial charge is 1.00 e. The molecule has 10 nitrogen and oxygen atoms in total. The molecule has 2 aromatic carbocycles. The second kappa shape index (κ2) is 17.8. The topological polar surface area (TPSA) is 154 Å². The number of nitriles is 1. The van der Waals surface area contributed by atoms with Crippen LogP contribution in [-0.4, -0.2) is 30.1 Å². The number of esters is 1. The first-order chi connectivity index (χ1) is 17.0. The molecule has 0 aliphatic rings. The molecule has 15 heteroatoms. The summed E-state index contributed by atoms with van der Waals surface area (Å²) in [6.45, 7) is 1.75. The van der Waals surface area contributed by atoms with Gasteiger partial charge < -0.3 is 34.0 Å². The van der Waals surface area contributed by atoms with E-state index in [2.05, 4.69) is 9.72 Å². The van der Waals surface area contributed by atoms with Crippen LogP contribution in [0.2, 0.25) is 0 Å². The zero-order valence-corrected chi connectivity index (χ0v) is 26.5. The summed E-state index contributed by atoms with van der Waals surface area (Å²) in [6.07, 6.45) is -7.15. The Balaban J connectivity index is 0.00000213. The van der Waals surface area contributed by atoms with Gasteiger partial charge in [0.25, 0.3) is 0 Å². The van der Waals surface area contributed by atoms with Gasteiger partial charge in [0, 0.05) is 6.07 Å². The van der Waals surface area contributed by atoms with Crippen LogP contribution in [-0.2, 0) is 4.74 Å². The van der Waals surface area contributed by atoms with E-state index in [0.717, 1.165) is 12.1 Å². The van der Waals surface area contributed by atoms with E-state index in [1.165, 1.54) is 24.3 Å². The smallest absolute Gasteiger partial charge is 0.652 e. The van der Waals surface area contributed by atoms with Crippen molar-refractivity contribution in [2.45, 2.75) is 13.3 Å². The van der Waals surface area contributed by atoms with E-state index >= 15 is 0 Å². The summed E-state index contributed by atoms with van der Waals surface area (Å²) in [7, 11) is 0. The van der Waals surface area contributed by atoms with Gasteiger partial charge in [-0.05, 0) is 67.7 Å². The van der Waals surface area contributed by atoms with Gasteiger partial charge >= 0.3 is 115 Å². The van der Waals surface area contributed by atoms with Gasteiger partial charge in [-0.15, -0.1) is 13.2 Å². The molecular formula is C23H15F3K2N2O8. The number of carbonyl (C=O) groups excluding carboxylic acids is 2. The van der Waals surface area contributed by atoms with E-state index in [1.807, 2.05) is 6.07 Å². The Kier molecular flexibility index (Phi) is 17.0. The first-order valence-electron chi connectivity index (χ1n) is 9.78. The van der Waals surface area contributed by atoms with E-state index in [1.54, 1.807) is 31.2 Å². The quantitative estimate of drug-likeness (QED) is 0.210. The molecule has 0 saturated heterocycles. The molecular weight excluding hydrogens is 567 g/mol. The molecule has 0 N–H and O–H groups in total. The standard InChI is InChI=1S/C22H15F3N2O5.CH2O3.2K/c1-2-29-21(28)18-11-12-19(30-15-5-3-14(13-26)4-6-15)27-20(18)31-16-7-9-17(10-8-16)32-22(23,24)25;2-1(3)4;;/h3-12H,2H2,1H3;(H2,2,3,4);;/q;;2*+1/p-2. The van der Waals surface area contributed by atoms with Crippen LogP contribution < -0.4 is 127 Å². The summed E-state index contributed by atoms with van der Waals surface area (Å²) < 4.78 is 57.0. The zero-order chi connectivity index (χ0) is 26.7. The summed E-state index contributed by atoms with van der Waals surface area (Å²) >= 11 is 0. The number of carbonyl (C=O) groups is 2. The molecule has 38 heavy (non-hydrogen) atoms.